The van der Waals surface area contributed by atoms with Crippen molar-refractivity contribution in [3.63, 3.8) is 0 Å². The molecule has 0 rings (SSSR count). The molecule has 0 aliphatic heterocycles. The van der Waals surface area contributed by atoms with Gasteiger partial charge in [0.25, 0.3) is 0 Å². The van der Waals surface area contributed by atoms with Gasteiger partial charge in [-0.15, -0.1) is 0 Å². The van der Waals surface area contributed by atoms with Crippen molar-refractivity contribution in [2.45, 2.75) is 40.0 Å². The van der Waals surface area contributed by atoms with E-state index in [0.29, 0.717) is 12.0 Å². The third-order valence-corrected chi connectivity index (χ3v) is 2.85. The van der Waals surface area contributed by atoms with Crippen molar-refractivity contribution in [1.29, 1.82) is 0 Å². The second kappa shape index (κ2) is 5.98. The fourth-order valence-corrected chi connectivity index (χ4v) is 2.03. The van der Waals surface area contributed by atoms with E-state index in [4.69, 9.17) is 5.11 Å². The van der Waals surface area contributed by atoms with Crippen LogP contribution in [-0.4, -0.2) is 17.0 Å². The van der Waals surface area contributed by atoms with Crippen molar-refractivity contribution < 1.29 is 5.11 Å². The molecule has 0 aromatic rings. The molecule has 0 heterocycles. The summed E-state index contributed by atoms with van der Waals surface area (Å²) in [5.41, 5.74) is 0.378. The second-order valence-corrected chi connectivity index (χ2v) is 5.20. The van der Waals surface area contributed by atoms with Crippen LogP contribution in [0.5, 0.6) is 0 Å². The fourth-order valence-electron chi connectivity index (χ4n) is 1.48. The first-order valence-corrected chi connectivity index (χ1v) is 5.81. The van der Waals surface area contributed by atoms with E-state index < -0.39 is 0 Å². The molecular formula is C10H21BrO. The first-order valence-electron chi connectivity index (χ1n) is 4.69. The molecule has 1 N–H and O–H groups in total. The minimum atomic E-state index is 0.328. The van der Waals surface area contributed by atoms with E-state index in [1.165, 1.54) is 6.42 Å². The zero-order valence-electron chi connectivity index (χ0n) is 8.44. The number of aliphatic hydroxyl groups excluding tert-OH is 1. The van der Waals surface area contributed by atoms with Crippen LogP contribution in [0, 0.1) is 11.3 Å². The molecular weight excluding hydrogens is 216 g/mol. The Morgan fingerprint density at radius 3 is 2.17 bits per heavy atom. The van der Waals surface area contributed by atoms with Crippen molar-refractivity contribution in [2.24, 2.45) is 11.3 Å². The molecule has 0 aromatic carbocycles. The van der Waals surface area contributed by atoms with Gasteiger partial charge >= 0.3 is 0 Å². The average Bonchev–Trinajstić information content (AvgIpc) is 1.95. The lowest BCUT2D eigenvalue weighted by Gasteiger charge is -2.30. The maximum atomic E-state index is 8.74. The van der Waals surface area contributed by atoms with Gasteiger partial charge in [-0.2, -0.15) is 0 Å². The highest BCUT2D eigenvalue weighted by Crippen LogP contribution is 2.32. The number of rotatable bonds is 5. The fraction of sp³-hybridized carbons (Fsp3) is 1.00. The Kier molecular flexibility index (Phi) is 6.20. The minimum Gasteiger partial charge on any atom is -0.396 e. The molecule has 0 saturated heterocycles. The molecule has 0 spiro atoms. The SMILES string of the molecule is CC(C)(C)C(CCBr)CCCO. The first-order chi connectivity index (χ1) is 5.52. The van der Waals surface area contributed by atoms with Gasteiger partial charge < -0.3 is 5.11 Å². The smallest absolute Gasteiger partial charge is 0.0431 e. The van der Waals surface area contributed by atoms with Crippen LogP contribution in [0.1, 0.15) is 40.0 Å². The van der Waals surface area contributed by atoms with Gasteiger partial charge in [0.2, 0.25) is 0 Å². The van der Waals surface area contributed by atoms with Gasteiger partial charge in [0.1, 0.15) is 0 Å². The predicted octanol–water partition coefficient (Wildman–Crippen LogP) is 3.21. The number of alkyl halides is 1. The Bertz CT molecular complexity index is 107. The first kappa shape index (κ1) is 12.4. The normalized spacial score (nSPS) is 14.8. The molecule has 0 bridgehead atoms. The molecule has 74 valence electrons. The van der Waals surface area contributed by atoms with Crippen molar-refractivity contribution in [1.82, 2.24) is 0 Å². The molecule has 0 aliphatic rings. The Morgan fingerprint density at radius 2 is 1.83 bits per heavy atom. The number of aliphatic hydroxyl groups is 1. The largest absolute Gasteiger partial charge is 0.396 e. The van der Waals surface area contributed by atoms with E-state index in [0.717, 1.165) is 24.1 Å². The molecule has 0 amide bonds. The summed E-state index contributed by atoms with van der Waals surface area (Å²) in [6, 6.07) is 0. The Balaban J connectivity index is 3.86. The second-order valence-electron chi connectivity index (χ2n) is 4.41. The van der Waals surface area contributed by atoms with Crippen molar-refractivity contribution in [2.75, 3.05) is 11.9 Å². The third-order valence-electron chi connectivity index (χ3n) is 2.39. The summed E-state index contributed by atoms with van der Waals surface area (Å²) in [6.07, 6.45) is 3.30. The van der Waals surface area contributed by atoms with Crippen LogP contribution in [0.2, 0.25) is 0 Å². The molecule has 0 fully saturated rings. The number of hydrogen-bond donors (Lipinski definition) is 1. The minimum absolute atomic E-state index is 0.328. The molecule has 1 atom stereocenters. The highest BCUT2D eigenvalue weighted by molar-refractivity contribution is 9.09. The Morgan fingerprint density at radius 1 is 1.25 bits per heavy atom. The maximum Gasteiger partial charge on any atom is 0.0431 e. The summed E-state index contributed by atoms with van der Waals surface area (Å²) in [7, 11) is 0. The van der Waals surface area contributed by atoms with Gasteiger partial charge in [-0.1, -0.05) is 36.7 Å². The monoisotopic (exact) mass is 236 g/mol. The maximum absolute atomic E-state index is 8.74. The summed E-state index contributed by atoms with van der Waals surface area (Å²) < 4.78 is 0. The van der Waals surface area contributed by atoms with Gasteiger partial charge in [-0.05, 0) is 30.6 Å². The zero-order valence-corrected chi connectivity index (χ0v) is 10.0. The van der Waals surface area contributed by atoms with Gasteiger partial charge in [-0.3, -0.25) is 0 Å². The summed E-state index contributed by atoms with van der Waals surface area (Å²) in [5, 5.41) is 9.81. The van der Waals surface area contributed by atoms with Crippen LogP contribution in [0.25, 0.3) is 0 Å². The van der Waals surface area contributed by atoms with Gasteiger partial charge in [-0.25, -0.2) is 0 Å². The van der Waals surface area contributed by atoms with E-state index in [-0.39, 0.29) is 0 Å². The van der Waals surface area contributed by atoms with E-state index in [1.54, 1.807) is 0 Å². The Hall–Kier alpha value is 0.440. The molecule has 2 heteroatoms. The lowest BCUT2D eigenvalue weighted by molar-refractivity contribution is 0.194. The topological polar surface area (TPSA) is 20.2 Å². The van der Waals surface area contributed by atoms with Crippen LogP contribution in [-0.2, 0) is 0 Å². The van der Waals surface area contributed by atoms with Gasteiger partial charge in [0, 0.05) is 11.9 Å². The lowest BCUT2D eigenvalue weighted by atomic mass is 9.77. The summed E-state index contributed by atoms with van der Waals surface area (Å²) in [5.74, 6) is 0.726. The van der Waals surface area contributed by atoms with E-state index >= 15 is 0 Å². The predicted molar refractivity (Wildman–Crippen MR) is 57.7 cm³/mol. The molecule has 0 aromatic heterocycles. The molecule has 0 saturated carbocycles. The molecule has 1 unspecified atom stereocenters. The van der Waals surface area contributed by atoms with Gasteiger partial charge in [0.05, 0.1) is 0 Å². The highest BCUT2D eigenvalue weighted by atomic mass is 79.9. The van der Waals surface area contributed by atoms with Crippen molar-refractivity contribution in [3.05, 3.63) is 0 Å². The van der Waals surface area contributed by atoms with Crippen LogP contribution < -0.4 is 0 Å². The van der Waals surface area contributed by atoms with E-state index in [1.807, 2.05) is 0 Å². The standard InChI is InChI=1S/C10H21BrO/c1-10(2,3)9(6-7-11)5-4-8-12/h9,12H,4-8H2,1-3H3. The van der Waals surface area contributed by atoms with Crippen LogP contribution in [0.4, 0.5) is 0 Å². The number of hydrogen-bond acceptors (Lipinski definition) is 1. The Labute approximate surface area is 84.7 Å². The third kappa shape index (κ3) is 5.15. The average molecular weight is 237 g/mol. The lowest BCUT2D eigenvalue weighted by Crippen LogP contribution is -2.21. The number of halogens is 1. The zero-order chi connectivity index (χ0) is 9.61. The van der Waals surface area contributed by atoms with E-state index in [2.05, 4.69) is 36.7 Å². The van der Waals surface area contributed by atoms with Crippen LogP contribution in [0.15, 0.2) is 0 Å². The molecule has 1 nitrogen and oxygen atoms in total. The summed E-state index contributed by atoms with van der Waals surface area (Å²) >= 11 is 3.47. The summed E-state index contributed by atoms with van der Waals surface area (Å²) in [4.78, 5) is 0. The van der Waals surface area contributed by atoms with E-state index in [9.17, 15) is 0 Å². The molecule has 0 aliphatic carbocycles. The quantitative estimate of drug-likeness (QED) is 0.728. The van der Waals surface area contributed by atoms with Crippen molar-refractivity contribution >= 4 is 15.9 Å². The highest BCUT2D eigenvalue weighted by Gasteiger charge is 2.22. The van der Waals surface area contributed by atoms with Crippen molar-refractivity contribution in [3.8, 4) is 0 Å². The summed E-state index contributed by atoms with van der Waals surface area (Å²) in [6.45, 7) is 7.15. The molecule has 12 heavy (non-hydrogen) atoms. The molecule has 0 radical (unpaired) electrons. The van der Waals surface area contributed by atoms with Crippen LogP contribution >= 0.6 is 15.9 Å². The van der Waals surface area contributed by atoms with Gasteiger partial charge in [0.15, 0.2) is 0 Å². The van der Waals surface area contributed by atoms with Crippen LogP contribution in [0.3, 0.4) is 0 Å².